The Bertz CT molecular complexity index is 492. The Kier molecular flexibility index (Phi) is 5.83. The second-order valence-electron chi connectivity index (χ2n) is 4.54. The van der Waals surface area contributed by atoms with Crippen LogP contribution >= 0.6 is 0 Å². The monoisotopic (exact) mass is 306 g/mol. The lowest BCUT2D eigenvalue weighted by Gasteiger charge is -2.15. The van der Waals surface area contributed by atoms with Crippen LogP contribution < -0.4 is 15.8 Å². The number of carbonyl (C=O) groups is 1. The molecule has 0 saturated carbocycles. The lowest BCUT2D eigenvalue weighted by molar-refractivity contribution is -0.274. The van der Waals surface area contributed by atoms with Crippen molar-refractivity contribution >= 4 is 11.6 Å². The molecule has 0 saturated heterocycles. The number of aliphatic hydroxyl groups excluding tert-OH is 1. The topological polar surface area (TPSA) is 84.6 Å². The van der Waals surface area contributed by atoms with Crippen molar-refractivity contribution in [2.24, 2.45) is 0 Å². The van der Waals surface area contributed by atoms with Gasteiger partial charge in [0.2, 0.25) is 0 Å². The molecular formula is C13H17F3N2O3. The van der Waals surface area contributed by atoms with Crippen molar-refractivity contribution in [3.8, 4) is 5.75 Å². The molecule has 1 aromatic rings. The fraction of sp³-hybridized carbons (Fsp3) is 0.462. The average Bonchev–Trinajstić information content (AvgIpc) is 2.37. The molecule has 0 bridgehead atoms. The molecule has 1 unspecified atom stereocenters. The van der Waals surface area contributed by atoms with Crippen molar-refractivity contribution in [1.82, 2.24) is 5.32 Å². The van der Waals surface area contributed by atoms with E-state index in [1.165, 1.54) is 6.07 Å². The van der Waals surface area contributed by atoms with Crippen LogP contribution in [-0.2, 0) is 0 Å². The number of aliphatic hydroxyl groups is 1. The van der Waals surface area contributed by atoms with E-state index >= 15 is 0 Å². The van der Waals surface area contributed by atoms with Crippen LogP contribution in [0, 0.1) is 0 Å². The molecule has 0 aliphatic carbocycles. The van der Waals surface area contributed by atoms with Crippen molar-refractivity contribution in [2.45, 2.75) is 32.2 Å². The minimum atomic E-state index is -4.84. The van der Waals surface area contributed by atoms with Gasteiger partial charge in [0.25, 0.3) is 5.91 Å². The van der Waals surface area contributed by atoms with Gasteiger partial charge in [0.15, 0.2) is 5.75 Å². The molecule has 0 aliphatic rings. The molecule has 1 atom stereocenters. The van der Waals surface area contributed by atoms with Gasteiger partial charge in [-0.2, -0.15) is 0 Å². The van der Waals surface area contributed by atoms with Gasteiger partial charge in [0.1, 0.15) is 0 Å². The van der Waals surface area contributed by atoms with E-state index in [2.05, 4.69) is 10.1 Å². The van der Waals surface area contributed by atoms with Crippen LogP contribution in [0.25, 0.3) is 0 Å². The molecule has 8 heteroatoms. The molecular weight excluding hydrogens is 289 g/mol. The number of benzene rings is 1. The number of hydrogen-bond donors (Lipinski definition) is 3. The second kappa shape index (κ2) is 7.16. The summed E-state index contributed by atoms with van der Waals surface area (Å²) < 4.78 is 40.0. The van der Waals surface area contributed by atoms with Crippen molar-refractivity contribution < 1.29 is 27.8 Å². The smallest absolute Gasteiger partial charge is 0.404 e. The summed E-state index contributed by atoms with van der Waals surface area (Å²) in [6.07, 6.45) is -3.70. The number of alkyl halides is 3. The van der Waals surface area contributed by atoms with E-state index in [1.54, 1.807) is 6.92 Å². The van der Waals surface area contributed by atoms with Gasteiger partial charge in [0, 0.05) is 18.2 Å². The molecule has 0 radical (unpaired) electrons. The fourth-order valence-corrected chi connectivity index (χ4v) is 1.68. The average molecular weight is 306 g/mol. The number of anilines is 1. The molecule has 1 aromatic carbocycles. The van der Waals surface area contributed by atoms with E-state index in [0.29, 0.717) is 12.8 Å². The Morgan fingerprint density at radius 2 is 2.14 bits per heavy atom. The number of nitrogens with two attached hydrogens (primary N) is 1. The molecule has 21 heavy (non-hydrogen) atoms. The first kappa shape index (κ1) is 17.1. The number of carbonyl (C=O) groups excluding carboxylic acids is 1. The maximum absolute atomic E-state index is 12.1. The number of nitrogen functional groups attached to an aromatic ring is 1. The molecule has 0 aromatic heterocycles. The third kappa shape index (κ3) is 5.90. The molecule has 4 N–H and O–H groups in total. The van der Waals surface area contributed by atoms with Crippen LogP contribution in [0.15, 0.2) is 18.2 Å². The highest BCUT2D eigenvalue weighted by Gasteiger charge is 2.32. The van der Waals surface area contributed by atoms with Gasteiger partial charge in [-0.15, -0.1) is 13.2 Å². The molecule has 0 heterocycles. The van der Waals surface area contributed by atoms with Crippen molar-refractivity contribution in [3.05, 3.63) is 23.8 Å². The zero-order valence-electron chi connectivity index (χ0n) is 11.4. The number of rotatable bonds is 6. The maximum atomic E-state index is 12.1. The number of nitrogens with one attached hydrogen (secondary N) is 1. The van der Waals surface area contributed by atoms with E-state index in [-0.39, 0.29) is 23.9 Å². The first-order valence-electron chi connectivity index (χ1n) is 6.30. The lowest BCUT2D eigenvalue weighted by atomic mass is 10.1. The van der Waals surface area contributed by atoms with E-state index in [4.69, 9.17) is 10.8 Å². The summed E-state index contributed by atoms with van der Waals surface area (Å²) in [4.78, 5) is 11.9. The van der Waals surface area contributed by atoms with Gasteiger partial charge in [-0.1, -0.05) is 0 Å². The first-order valence-corrected chi connectivity index (χ1v) is 6.30. The van der Waals surface area contributed by atoms with Crippen molar-refractivity contribution in [1.29, 1.82) is 0 Å². The molecule has 5 nitrogen and oxygen atoms in total. The van der Waals surface area contributed by atoms with Crippen LogP contribution in [-0.4, -0.2) is 30.0 Å². The standard InChI is InChI=1S/C13H17F3N2O3/c1-8(3-2-6-19)18-12(20)9-4-5-11(10(17)7-9)21-13(14,15)16/h4-5,7-8,19H,2-3,6,17H2,1H3,(H,18,20). The predicted octanol–water partition coefficient (Wildman–Crippen LogP) is 2.06. The highest BCUT2D eigenvalue weighted by Crippen LogP contribution is 2.28. The Hall–Kier alpha value is -1.96. The summed E-state index contributed by atoms with van der Waals surface area (Å²) in [5.74, 6) is -1.00. The normalized spacial score (nSPS) is 12.8. The zero-order valence-corrected chi connectivity index (χ0v) is 11.4. The minimum Gasteiger partial charge on any atom is -0.404 e. The predicted molar refractivity (Wildman–Crippen MR) is 70.8 cm³/mol. The van der Waals surface area contributed by atoms with Gasteiger partial charge in [-0.05, 0) is 38.0 Å². The second-order valence-corrected chi connectivity index (χ2v) is 4.54. The van der Waals surface area contributed by atoms with Gasteiger partial charge in [-0.25, -0.2) is 0 Å². The largest absolute Gasteiger partial charge is 0.573 e. The van der Waals surface area contributed by atoms with Crippen LogP contribution in [0.3, 0.4) is 0 Å². The summed E-state index contributed by atoms with van der Waals surface area (Å²) in [5, 5.41) is 11.3. The highest BCUT2D eigenvalue weighted by molar-refractivity contribution is 5.95. The third-order valence-corrected chi connectivity index (χ3v) is 2.67. The first-order chi connectivity index (χ1) is 9.73. The molecule has 118 valence electrons. The summed E-state index contributed by atoms with van der Waals surface area (Å²) in [5.41, 5.74) is 5.30. The molecule has 0 spiro atoms. The van der Waals surface area contributed by atoms with Gasteiger partial charge in [0.05, 0.1) is 5.69 Å². The fourth-order valence-electron chi connectivity index (χ4n) is 1.68. The van der Waals surface area contributed by atoms with E-state index in [0.717, 1.165) is 12.1 Å². The molecule has 1 amide bonds. The Morgan fingerprint density at radius 3 is 2.67 bits per heavy atom. The number of halogens is 3. The molecule has 0 fully saturated rings. The maximum Gasteiger partial charge on any atom is 0.573 e. The highest BCUT2D eigenvalue weighted by atomic mass is 19.4. The number of ether oxygens (including phenoxy) is 1. The van der Waals surface area contributed by atoms with E-state index in [1.807, 2.05) is 0 Å². The van der Waals surface area contributed by atoms with Gasteiger partial charge >= 0.3 is 6.36 Å². The van der Waals surface area contributed by atoms with E-state index < -0.39 is 18.0 Å². The van der Waals surface area contributed by atoms with Gasteiger partial charge in [-0.3, -0.25) is 4.79 Å². The summed E-state index contributed by atoms with van der Waals surface area (Å²) >= 11 is 0. The van der Waals surface area contributed by atoms with E-state index in [9.17, 15) is 18.0 Å². The minimum absolute atomic E-state index is 0.0244. The quantitative estimate of drug-likeness (QED) is 0.702. The number of amides is 1. The Morgan fingerprint density at radius 1 is 1.48 bits per heavy atom. The summed E-state index contributed by atoms with van der Waals surface area (Å²) in [6.45, 7) is 1.79. The number of hydrogen-bond acceptors (Lipinski definition) is 4. The summed E-state index contributed by atoms with van der Waals surface area (Å²) in [6, 6.07) is 3.15. The van der Waals surface area contributed by atoms with Crippen LogP contribution in [0.4, 0.5) is 18.9 Å². The van der Waals surface area contributed by atoms with Gasteiger partial charge < -0.3 is 20.9 Å². The SMILES string of the molecule is CC(CCCO)NC(=O)c1ccc(OC(F)(F)F)c(N)c1. The summed E-state index contributed by atoms with van der Waals surface area (Å²) in [7, 11) is 0. The molecule has 1 rings (SSSR count). The third-order valence-electron chi connectivity index (χ3n) is 2.67. The van der Waals surface area contributed by atoms with Crippen molar-refractivity contribution in [2.75, 3.05) is 12.3 Å². The molecule has 0 aliphatic heterocycles. The van der Waals surface area contributed by atoms with Crippen LogP contribution in [0.2, 0.25) is 0 Å². The zero-order chi connectivity index (χ0) is 16.0. The lowest BCUT2D eigenvalue weighted by Crippen LogP contribution is -2.32. The van der Waals surface area contributed by atoms with Crippen LogP contribution in [0.5, 0.6) is 5.75 Å². The Balaban J connectivity index is 2.72. The van der Waals surface area contributed by atoms with Crippen molar-refractivity contribution in [3.63, 3.8) is 0 Å². The van der Waals surface area contributed by atoms with Crippen LogP contribution in [0.1, 0.15) is 30.1 Å². The Labute approximate surface area is 119 Å².